The van der Waals surface area contributed by atoms with Crippen molar-refractivity contribution in [2.24, 2.45) is 10.9 Å². The maximum Gasteiger partial charge on any atom is 0.573 e. The van der Waals surface area contributed by atoms with E-state index in [2.05, 4.69) is 63.3 Å². The topological polar surface area (TPSA) is 74.3 Å². The van der Waals surface area contributed by atoms with E-state index in [0.29, 0.717) is 34.6 Å². The van der Waals surface area contributed by atoms with E-state index in [1.54, 1.807) is 0 Å². The molecule has 45 heavy (non-hydrogen) atoms. The van der Waals surface area contributed by atoms with Crippen molar-refractivity contribution in [1.82, 2.24) is 19.3 Å². The van der Waals surface area contributed by atoms with Crippen molar-refractivity contribution in [1.29, 1.82) is 0 Å². The molecule has 1 amide bonds. The minimum atomic E-state index is -4.74. The molecule has 2 unspecified atom stereocenters. The first kappa shape index (κ1) is 30.5. The van der Waals surface area contributed by atoms with Crippen LogP contribution in [0.1, 0.15) is 60.9 Å². The van der Waals surface area contributed by atoms with Crippen LogP contribution in [-0.2, 0) is 4.79 Å². The molecule has 0 radical (unpaired) electrons. The molecule has 1 aliphatic rings. The molecule has 232 valence electrons. The number of alkyl halides is 3. The molecule has 2 heterocycles. The quantitative estimate of drug-likeness (QED) is 0.174. The SMILES string of the molecule is Cc1ccc(C(C)C)c(-n2c(C)csc2=NC(=O)CC2CC2c2ccc(-c3ncn(-c4ccc(OC(F)(F)F)cc4)n3)cc2)c1. The van der Waals surface area contributed by atoms with Crippen molar-refractivity contribution < 1.29 is 22.7 Å². The molecule has 2 atom stereocenters. The van der Waals surface area contributed by atoms with Gasteiger partial charge in [-0.25, -0.2) is 9.67 Å². The van der Waals surface area contributed by atoms with Gasteiger partial charge in [0.1, 0.15) is 12.1 Å². The number of thiazole rings is 1. The summed E-state index contributed by atoms with van der Waals surface area (Å²) in [5.41, 5.74) is 7.03. The summed E-state index contributed by atoms with van der Waals surface area (Å²) in [6.45, 7) is 8.46. The first-order valence-electron chi connectivity index (χ1n) is 14.7. The Morgan fingerprint density at radius 2 is 1.80 bits per heavy atom. The van der Waals surface area contributed by atoms with E-state index in [9.17, 15) is 18.0 Å². The lowest BCUT2D eigenvalue weighted by Crippen LogP contribution is -2.18. The summed E-state index contributed by atoms with van der Waals surface area (Å²) in [6.07, 6.45) is -1.91. The lowest BCUT2D eigenvalue weighted by atomic mass is 9.99. The summed E-state index contributed by atoms with van der Waals surface area (Å²) in [6, 6.07) is 19.8. The minimum absolute atomic E-state index is 0.110. The molecule has 0 N–H and O–H groups in total. The zero-order valence-electron chi connectivity index (χ0n) is 25.2. The van der Waals surface area contributed by atoms with Gasteiger partial charge in [0.25, 0.3) is 0 Å². The zero-order chi connectivity index (χ0) is 31.9. The third-order valence-corrected chi connectivity index (χ3v) is 8.87. The van der Waals surface area contributed by atoms with Crippen LogP contribution in [-0.4, -0.2) is 31.6 Å². The highest BCUT2D eigenvalue weighted by Gasteiger charge is 2.39. The van der Waals surface area contributed by atoms with Crippen LogP contribution in [0.15, 0.2) is 83.4 Å². The number of carbonyl (C=O) groups is 1. The number of benzene rings is 3. The van der Waals surface area contributed by atoms with Gasteiger partial charge in [-0.2, -0.15) is 4.99 Å². The molecule has 1 aliphatic carbocycles. The number of hydrogen-bond donors (Lipinski definition) is 0. The molecule has 11 heteroatoms. The van der Waals surface area contributed by atoms with Crippen LogP contribution < -0.4 is 9.54 Å². The summed E-state index contributed by atoms with van der Waals surface area (Å²) < 4.78 is 44.8. The molecule has 1 fully saturated rings. The van der Waals surface area contributed by atoms with Crippen LogP contribution in [0.5, 0.6) is 5.75 Å². The van der Waals surface area contributed by atoms with Gasteiger partial charge in [-0.1, -0.05) is 50.2 Å². The second-order valence-electron chi connectivity index (χ2n) is 11.7. The summed E-state index contributed by atoms with van der Waals surface area (Å²) in [5, 5.41) is 6.52. The third kappa shape index (κ3) is 6.93. The van der Waals surface area contributed by atoms with Crippen LogP contribution in [0.25, 0.3) is 22.8 Å². The smallest absolute Gasteiger partial charge is 0.406 e. The Kier molecular flexibility index (Phi) is 8.22. The first-order valence-corrected chi connectivity index (χ1v) is 15.6. The fourth-order valence-electron chi connectivity index (χ4n) is 5.56. The predicted molar refractivity (Wildman–Crippen MR) is 167 cm³/mol. The number of ether oxygens (including phenoxy) is 1. The Morgan fingerprint density at radius 1 is 1.07 bits per heavy atom. The van der Waals surface area contributed by atoms with Crippen LogP contribution in [0.2, 0.25) is 0 Å². The average Bonchev–Trinajstić information content (AvgIpc) is 3.38. The number of halogens is 3. The molecule has 3 aromatic carbocycles. The van der Waals surface area contributed by atoms with Gasteiger partial charge in [-0.05, 0) is 85.0 Å². The number of aryl methyl sites for hydroxylation is 2. The lowest BCUT2D eigenvalue weighted by molar-refractivity contribution is -0.274. The van der Waals surface area contributed by atoms with Gasteiger partial charge in [0, 0.05) is 23.1 Å². The molecule has 0 spiro atoms. The third-order valence-electron chi connectivity index (χ3n) is 7.93. The maximum absolute atomic E-state index is 13.1. The molecular formula is C34H32F3N5O2S. The monoisotopic (exact) mass is 631 g/mol. The number of hydrogen-bond acceptors (Lipinski definition) is 5. The van der Waals surface area contributed by atoms with Gasteiger partial charge < -0.3 is 4.74 Å². The highest BCUT2D eigenvalue weighted by Crippen LogP contribution is 2.49. The Labute approximate surface area is 262 Å². The van der Waals surface area contributed by atoms with Crippen molar-refractivity contribution in [3.63, 3.8) is 0 Å². The van der Waals surface area contributed by atoms with Gasteiger partial charge in [-0.3, -0.25) is 9.36 Å². The Hall–Kier alpha value is -4.51. The van der Waals surface area contributed by atoms with E-state index >= 15 is 0 Å². The van der Waals surface area contributed by atoms with E-state index in [0.717, 1.165) is 34.5 Å². The van der Waals surface area contributed by atoms with Crippen molar-refractivity contribution in [2.45, 2.75) is 58.7 Å². The largest absolute Gasteiger partial charge is 0.573 e. The van der Waals surface area contributed by atoms with Gasteiger partial charge >= 0.3 is 6.36 Å². The summed E-state index contributed by atoms with van der Waals surface area (Å²) >= 11 is 1.49. The molecule has 0 saturated heterocycles. The molecule has 1 saturated carbocycles. The Balaban J connectivity index is 1.11. The highest BCUT2D eigenvalue weighted by atomic mass is 32.1. The summed E-state index contributed by atoms with van der Waals surface area (Å²) in [4.78, 5) is 22.7. The molecule has 0 aliphatic heterocycles. The molecular weight excluding hydrogens is 599 g/mol. The summed E-state index contributed by atoms with van der Waals surface area (Å²) in [7, 11) is 0. The van der Waals surface area contributed by atoms with Crippen LogP contribution in [0.4, 0.5) is 13.2 Å². The van der Waals surface area contributed by atoms with E-state index in [4.69, 9.17) is 0 Å². The molecule has 5 aromatic rings. The van der Waals surface area contributed by atoms with E-state index in [1.165, 1.54) is 52.2 Å². The molecule has 2 aromatic heterocycles. The van der Waals surface area contributed by atoms with Crippen LogP contribution in [0.3, 0.4) is 0 Å². The molecule has 7 nitrogen and oxygen atoms in total. The van der Waals surface area contributed by atoms with Crippen LogP contribution >= 0.6 is 11.3 Å². The van der Waals surface area contributed by atoms with E-state index in [1.807, 2.05) is 36.6 Å². The standard InChI is InChI=1S/C34H32F3N5O2S/c1-20(2)28-14-5-21(3)15-30(28)42-22(4)18-45-33(42)39-31(43)17-25-16-29(25)23-6-8-24(9-7-23)32-38-19-41(40-32)26-10-12-27(13-11-26)44-34(35,36)37/h5-15,18-20,25,29H,16-17H2,1-4H3. The molecule has 6 rings (SSSR count). The Bertz CT molecular complexity index is 1900. The van der Waals surface area contributed by atoms with Crippen molar-refractivity contribution in [3.8, 4) is 28.5 Å². The number of carbonyl (C=O) groups excluding carboxylic acids is 1. The summed E-state index contributed by atoms with van der Waals surface area (Å²) in [5.74, 6) is 0.955. The van der Waals surface area contributed by atoms with Crippen molar-refractivity contribution in [3.05, 3.63) is 106 Å². The minimum Gasteiger partial charge on any atom is -0.406 e. The molecule has 0 bridgehead atoms. The predicted octanol–water partition coefficient (Wildman–Crippen LogP) is 8.05. The normalized spacial score (nSPS) is 16.8. The van der Waals surface area contributed by atoms with Gasteiger partial charge in [0.15, 0.2) is 10.6 Å². The Morgan fingerprint density at radius 3 is 2.49 bits per heavy atom. The van der Waals surface area contributed by atoms with E-state index in [-0.39, 0.29) is 17.6 Å². The first-order chi connectivity index (χ1) is 21.4. The van der Waals surface area contributed by atoms with Crippen molar-refractivity contribution >= 4 is 17.2 Å². The fraction of sp³-hybridized carbons (Fsp3) is 0.294. The second kappa shape index (κ2) is 12.1. The number of nitrogens with zero attached hydrogens (tertiary/aromatic N) is 5. The zero-order valence-corrected chi connectivity index (χ0v) is 26.1. The number of amides is 1. The average molecular weight is 632 g/mol. The van der Waals surface area contributed by atoms with Crippen LogP contribution in [0, 0.1) is 19.8 Å². The number of rotatable bonds is 8. The fourth-order valence-corrected chi connectivity index (χ4v) is 6.44. The van der Waals surface area contributed by atoms with Gasteiger partial charge in [0.05, 0.1) is 11.4 Å². The van der Waals surface area contributed by atoms with Crippen molar-refractivity contribution in [2.75, 3.05) is 0 Å². The second-order valence-corrected chi connectivity index (χ2v) is 12.5. The van der Waals surface area contributed by atoms with E-state index < -0.39 is 6.36 Å². The lowest BCUT2D eigenvalue weighted by Gasteiger charge is -2.16. The highest BCUT2D eigenvalue weighted by molar-refractivity contribution is 7.07. The van der Waals surface area contributed by atoms with Gasteiger partial charge in [0.2, 0.25) is 5.91 Å². The van der Waals surface area contributed by atoms with Gasteiger partial charge in [-0.15, -0.1) is 29.6 Å². The number of aromatic nitrogens is 4. The maximum atomic E-state index is 13.1.